The third-order valence-corrected chi connectivity index (χ3v) is 4.79. The third kappa shape index (κ3) is 4.28. The summed E-state index contributed by atoms with van der Waals surface area (Å²) >= 11 is 5.93. The van der Waals surface area contributed by atoms with Crippen LogP contribution in [0.4, 0.5) is 4.39 Å². The molecule has 3 rings (SSSR count). The summed E-state index contributed by atoms with van der Waals surface area (Å²) in [5, 5.41) is 0. The Balaban J connectivity index is 1.69. The molecule has 4 atom stereocenters. The lowest BCUT2D eigenvalue weighted by Crippen LogP contribution is -2.44. The second-order valence-corrected chi connectivity index (χ2v) is 6.69. The largest absolute Gasteiger partial charge is 0.459 e. The van der Waals surface area contributed by atoms with Crippen molar-refractivity contribution in [1.82, 2.24) is 0 Å². The third-order valence-electron chi connectivity index (χ3n) is 4.26. The monoisotopic (exact) mass is 392 g/mol. The van der Waals surface area contributed by atoms with E-state index in [9.17, 15) is 14.0 Å². The van der Waals surface area contributed by atoms with E-state index >= 15 is 0 Å². The molecule has 1 saturated heterocycles. The molecule has 2 aromatic carbocycles. The van der Waals surface area contributed by atoms with Crippen LogP contribution >= 0.6 is 11.6 Å². The Labute approximate surface area is 161 Å². The Hall–Kier alpha value is -2.44. The lowest BCUT2D eigenvalue weighted by Gasteiger charge is -2.25. The van der Waals surface area contributed by atoms with Gasteiger partial charge in [-0.1, -0.05) is 48.0 Å². The molecule has 0 saturated carbocycles. The fourth-order valence-electron chi connectivity index (χ4n) is 2.74. The molecule has 2 aromatic rings. The molecule has 142 valence electrons. The van der Waals surface area contributed by atoms with Crippen molar-refractivity contribution in [2.24, 2.45) is 0 Å². The van der Waals surface area contributed by atoms with E-state index in [1.54, 1.807) is 60.7 Å². The zero-order valence-electron chi connectivity index (χ0n) is 14.5. The molecule has 1 aliphatic rings. The van der Waals surface area contributed by atoms with E-state index in [1.807, 2.05) is 0 Å². The van der Waals surface area contributed by atoms with Crippen LogP contribution in [0.2, 0.25) is 0 Å². The molecule has 0 spiro atoms. The smallest absolute Gasteiger partial charge is 0.338 e. The van der Waals surface area contributed by atoms with E-state index in [0.29, 0.717) is 5.56 Å². The molecular formula is C20H18ClFO5. The maximum Gasteiger partial charge on any atom is 0.338 e. The topological polar surface area (TPSA) is 61.8 Å². The summed E-state index contributed by atoms with van der Waals surface area (Å²) in [6, 6.07) is 16.5. The van der Waals surface area contributed by atoms with Gasteiger partial charge in [0.2, 0.25) is 0 Å². The van der Waals surface area contributed by atoms with E-state index in [-0.39, 0.29) is 12.2 Å². The highest BCUT2D eigenvalue weighted by Crippen LogP contribution is 2.39. The Morgan fingerprint density at radius 3 is 2.11 bits per heavy atom. The fourth-order valence-corrected chi connectivity index (χ4v) is 3.00. The van der Waals surface area contributed by atoms with Crippen molar-refractivity contribution in [3.05, 3.63) is 71.8 Å². The lowest BCUT2D eigenvalue weighted by molar-refractivity contribution is -0.0423. The zero-order chi connectivity index (χ0) is 19.4. The van der Waals surface area contributed by atoms with E-state index in [2.05, 4.69) is 0 Å². The van der Waals surface area contributed by atoms with Gasteiger partial charge in [-0.05, 0) is 31.2 Å². The van der Waals surface area contributed by atoms with Crippen LogP contribution in [-0.2, 0) is 14.2 Å². The van der Waals surface area contributed by atoms with Crippen LogP contribution in [0, 0.1) is 0 Å². The second kappa shape index (κ2) is 8.06. The van der Waals surface area contributed by atoms with E-state index < -0.39 is 35.4 Å². The van der Waals surface area contributed by atoms with Gasteiger partial charge in [-0.2, -0.15) is 0 Å². The van der Waals surface area contributed by atoms with Crippen LogP contribution in [0.5, 0.6) is 0 Å². The molecule has 1 fully saturated rings. The number of carbonyl (C=O) groups is 2. The highest BCUT2D eigenvalue weighted by Gasteiger charge is 2.56. The summed E-state index contributed by atoms with van der Waals surface area (Å²) in [4.78, 5) is 24.4. The maximum absolute atomic E-state index is 15.0. The number of hydrogen-bond donors (Lipinski definition) is 0. The minimum absolute atomic E-state index is 0.270. The molecule has 1 aliphatic heterocycles. The van der Waals surface area contributed by atoms with Crippen molar-refractivity contribution in [3.8, 4) is 0 Å². The van der Waals surface area contributed by atoms with Crippen molar-refractivity contribution in [3.63, 3.8) is 0 Å². The molecule has 1 heterocycles. The van der Waals surface area contributed by atoms with Crippen LogP contribution < -0.4 is 0 Å². The van der Waals surface area contributed by atoms with Crippen molar-refractivity contribution in [1.29, 1.82) is 0 Å². The summed E-state index contributed by atoms with van der Waals surface area (Å²) in [6.45, 7) is 0.885. The van der Waals surface area contributed by atoms with Gasteiger partial charge in [-0.15, -0.1) is 0 Å². The average molecular weight is 393 g/mol. The van der Waals surface area contributed by atoms with Crippen LogP contribution in [-0.4, -0.2) is 42.0 Å². The minimum Gasteiger partial charge on any atom is -0.459 e. The van der Waals surface area contributed by atoms with Crippen molar-refractivity contribution < 1.29 is 28.2 Å². The SMILES string of the molecule is CC1(F)C(Cl)OC(COC(=O)c2ccccc2)[C@H]1OC(=O)c1ccccc1. The molecule has 0 radical (unpaired) electrons. The summed E-state index contributed by atoms with van der Waals surface area (Å²) in [5.41, 5.74) is -2.87. The van der Waals surface area contributed by atoms with Crippen LogP contribution in [0.3, 0.4) is 0 Å². The summed E-state index contributed by atoms with van der Waals surface area (Å²) < 4.78 is 30.8. The average Bonchev–Trinajstić information content (AvgIpc) is 2.90. The molecular weight excluding hydrogens is 375 g/mol. The molecule has 0 aliphatic carbocycles. The summed E-state index contributed by atoms with van der Waals surface area (Å²) in [5.74, 6) is -1.30. The first kappa shape index (κ1) is 19.3. The molecule has 0 N–H and O–H groups in total. The number of hydrogen-bond acceptors (Lipinski definition) is 5. The lowest BCUT2D eigenvalue weighted by atomic mass is 10.0. The number of halogens is 2. The fraction of sp³-hybridized carbons (Fsp3) is 0.300. The number of ether oxygens (including phenoxy) is 3. The maximum atomic E-state index is 15.0. The van der Waals surface area contributed by atoms with Gasteiger partial charge in [-0.25, -0.2) is 14.0 Å². The Morgan fingerprint density at radius 2 is 1.56 bits per heavy atom. The minimum atomic E-state index is -2.14. The Bertz CT molecular complexity index is 797. The molecule has 0 bridgehead atoms. The van der Waals surface area contributed by atoms with Gasteiger partial charge in [0.05, 0.1) is 11.1 Å². The van der Waals surface area contributed by atoms with Crippen LogP contribution in [0.25, 0.3) is 0 Å². The summed E-state index contributed by atoms with van der Waals surface area (Å²) in [7, 11) is 0. The number of rotatable bonds is 5. The quantitative estimate of drug-likeness (QED) is 0.572. The second-order valence-electron chi connectivity index (χ2n) is 6.30. The first-order chi connectivity index (χ1) is 12.9. The van der Waals surface area contributed by atoms with Gasteiger partial charge in [0.1, 0.15) is 12.7 Å². The predicted molar refractivity (Wildman–Crippen MR) is 96.4 cm³/mol. The number of carbonyl (C=O) groups excluding carboxylic acids is 2. The van der Waals surface area contributed by atoms with Gasteiger partial charge >= 0.3 is 11.9 Å². The number of esters is 2. The van der Waals surface area contributed by atoms with E-state index in [1.165, 1.54) is 6.92 Å². The first-order valence-electron chi connectivity index (χ1n) is 8.36. The standard InChI is InChI=1S/C20H18ClFO5/c1-20(22)16(27-18(24)14-10-6-3-7-11-14)15(26-19(20)21)12-25-17(23)13-8-4-2-5-9-13/h2-11,15-16,19H,12H2,1H3/t15?,16-,19?,20?/m1/s1. The van der Waals surface area contributed by atoms with E-state index in [0.717, 1.165) is 0 Å². The van der Waals surface area contributed by atoms with Gasteiger partial charge in [0, 0.05) is 0 Å². The molecule has 27 heavy (non-hydrogen) atoms. The van der Waals surface area contributed by atoms with Gasteiger partial charge in [0.15, 0.2) is 17.3 Å². The van der Waals surface area contributed by atoms with Gasteiger partial charge in [-0.3, -0.25) is 0 Å². The molecule has 3 unspecified atom stereocenters. The zero-order valence-corrected chi connectivity index (χ0v) is 15.3. The van der Waals surface area contributed by atoms with E-state index in [4.69, 9.17) is 25.8 Å². The predicted octanol–water partition coefficient (Wildman–Crippen LogP) is 3.76. The van der Waals surface area contributed by atoms with Gasteiger partial charge < -0.3 is 14.2 Å². The van der Waals surface area contributed by atoms with Crippen LogP contribution in [0.15, 0.2) is 60.7 Å². The molecule has 5 nitrogen and oxygen atoms in total. The number of alkyl halides is 2. The van der Waals surface area contributed by atoms with Crippen LogP contribution in [0.1, 0.15) is 27.6 Å². The number of benzene rings is 2. The first-order valence-corrected chi connectivity index (χ1v) is 8.80. The van der Waals surface area contributed by atoms with Crippen molar-refractivity contribution >= 4 is 23.5 Å². The summed E-state index contributed by atoms with van der Waals surface area (Å²) in [6.07, 6.45) is -2.35. The normalized spacial score (nSPS) is 27.1. The van der Waals surface area contributed by atoms with Crippen molar-refractivity contribution in [2.75, 3.05) is 6.61 Å². The molecule has 0 aromatic heterocycles. The highest BCUT2D eigenvalue weighted by atomic mass is 35.5. The van der Waals surface area contributed by atoms with Gasteiger partial charge in [0.25, 0.3) is 0 Å². The van der Waals surface area contributed by atoms with Crippen molar-refractivity contribution in [2.45, 2.75) is 30.4 Å². The Morgan fingerprint density at radius 1 is 1.04 bits per heavy atom. The Kier molecular flexibility index (Phi) is 5.77. The molecule has 0 amide bonds. The molecule has 7 heteroatoms. The highest BCUT2D eigenvalue weighted by molar-refractivity contribution is 6.20.